The largest absolute Gasteiger partial charge is 0.435 e. The number of morpholine rings is 1. The Bertz CT molecular complexity index is 351. The fourth-order valence-corrected chi connectivity index (χ4v) is 1.98. The molecule has 1 heterocycles. The average Bonchev–Trinajstić information content (AvgIpc) is 2.38. The molecule has 0 bridgehead atoms. The van der Waals surface area contributed by atoms with Gasteiger partial charge in [0.25, 0.3) is 0 Å². The molecule has 1 unspecified atom stereocenters. The number of nitrogens with one attached hydrogen (secondary N) is 1. The molecule has 18 heavy (non-hydrogen) atoms. The van der Waals surface area contributed by atoms with Crippen molar-refractivity contribution in [2.75, 3.05) is 19.8 Å². The summed E-state index contributed by atoms with van der Waals surface area (Å²) in [5, 5.41) is 3.38. The minimum absolute atomic E-state index is 0.202. The lowest BCUT2D eigenvalue weighted by Crippen LogP contribution is -2.41. The third kappa shape index (κ3) is 4.23. The van der Waals surface area contributed by atoms with Gasteiger partial charge in [-0.05, 0) is 30.5 Å². The summed E-state index contributed by atoms with van der Waals surface area (Å²) in [6.45, 7) is -0.353. The maximum atomic E-state index is 12.0. The first-order chi connectivity index (χ1) is 8.74. The zero-order valence-electron chi connectivity index (χ0n) is 10.1. The standard InChI is InChI=1S/C13H17F2NO2/c14-13(15)18-12-5-2-10(3-6-12)1-4-11-9-17-8-7-16-11/h2-3,5-6,11,13,16H,1,4,7-9H2. The topological polar surface area (TPSA) is 30.5 Å². The van der Waals surface area contributed by atoms with Gasteiger partial charge in [0, 0.05) is 12.6 Å². The molecule has 0 aliphatic carbocycles. The Kier molecular flexibility index (Phi) is 4.90. The Morgan fingerprint density at radius 3 is 2.72 bits per heavy atom. The van der Waals surface area contributed by atoms with Crippen molar-refractivity contribution in [3.05, 3.63) is 29.8 Å². The summed E-state index contributed by atoms with van der Waals surface area (Å²) in [6, 6.07) is 7.18. The fraction of sp³-hybridized carbons (Fsp3) is 0.538. The van der Waals surface area contributed by atoms with Crippen LogP contribution in [0.25, 0.3) is 0 Å². The van der Waals surface area contributed by atoms with E-state index in [4.69, 9.17) is 4.74 Å². The molecule has 0 amide bonds. The third-order valence-corrected chi connectivity index (χ3v) is 2.93. The molecular formula is C13H17F2NO2. The van der Waals surface area contributed by atoms with Crippen LogP contribution in [0, 0.1) is 0 Å². The van der Waals surface area contributed by atoms with E-state index in [-0.39, 0.29) is 5.75 Å². The fourth-order valence-electron chi connectivity index (χ4n) is 1.98. The minimum atomic E-state index is -2.76. The molecule has 2 rings (SSSR count). The number of halogens is 2. The summed E-state index contributed by atoms with van der Waals surface area (Å²) >= 11 is 0. The van der Waals surface area contributed by atoms with Gasteiger partial charge < -0.3 is 14.8 Å². The van der Waals surface area contributed by atoms with E-state index in [2.05, 4.69) is 10.1 Å². The molecule has 0 aromatic heterocycles. The van der Waals surface area contributed by atoms with Gasteiger partial charge in [-0.1, -0.05) is 12.1 Å². The normalized spacial score (nSPS) is 20.1. The van der Waals surface area contributed by atoms with Crippen LogP contribution in [0.2, 0.25) is 0 Å². The highest BCUT2D eigenvalue weighted by Crippen LogP contribution is 2.16. The van der Waals surface area contributed by atoms with Crippen molar-refractivity contribution < 1.29 is 18.3 Å². The molecule has 3 nitrogen and oxygen atoms in total. The van der Waals surface area contributed by atoms with Crippen LogP contribution in [0.15, 0.2) is 24.3 Å². The van der Waals surface area contributed by atoms with Crippen molar-refractivity contribution in [2.45, 2.75) is 25.5 Å². The van der Waals surface area contributed by atoms with Crippen molar-refractivity contribution in [3.63, 3.8) is 0 Å². The van der Waals surface area contributed by atoms with Gasteiger partial charge in [0.15, 0.2) is 0 Å². The SMILES string of the molecule is FC(F)Oc1ccc(CCC2COCCN2)cc1. The second-order valence-corrected chi connectivity index (χ2v) is 4.29. The number of ether oxygens (including phenoxy) is 2. The van der Waals surface area contributed by atoms with Crippen molar-refractivity contribution >= 4 is 0 Å². The summed E-state index contributed by atoms with van der Waals surface area (Å²) < 4.78 is 33.6. The molecule has 1 aliphatic heterocycles. The first kappa shape index (κ1) is 13.2. The van der Waals surface area contributed by atoms with Crippen molar-refractivity contribution in [1.29, 1.82) is 0 Å². The zero-order valence-corrected chi connectivity index (χ0v) is 10.1. The highest BCUT2D eigenvalue weighted by atomic mass is 19.3. The smallest absolute Gasteiger partial charge is 0.387 e. The summed E-state index contributed by atoms with van der Waals surface area (Å²) in [5.41, 5.74) is 1.11. The third-order valence-electron chi connectivity index (χ3n) is 2.93. The maximum absolute atomic E-state index is 12.0. The van der Waals surface area contributed by atoms with Crippen molar-refractivity contribution in [3.8, 4) is 5.75 Å². The lowest BCUT2D eigenvalue weighted by molar-refractivity contribution is -0.0498. The van der Waals surface area contributed by atoms with Gasteiger partial charge in [0.2, 0.25) is 0 Å². The van der Waals surface area contributed by atoms with Gasteiger partial charge in [-0.15, -0.1) is 0 Å². The lowest BCUT2D eigenvalue weighted by Gasteiger charge is -2.23. The number of hydrogen-bond acceptors (Lipinski definition) is 3. The van der Waals surface area contributed by atoms with E-state index in [9.17, 15) is 8.78 Å². The van der Waals surface area contributed by atoms with Crippen LogP contribution < -0.4 is 10.1 Å². The Morgan fingerprint density at radius 1 is 1.33 bits per heavy atom. The molecule has 1 aliphatic rings. The number of rotatable bonds is 5. The maximum Gasteiger partial charge on any atom is 0.387 e. The molecule has 1 fully saturated rings. The van der Waals surface area contributed by atoms with Gasteiger partial charge in [-0.25, -0.2) is 0 Å². The first-order valence-corrected chi connectivity index (χ1v) is 6.09. The highest BCUT2D eigenvalue weighted by Gasteiger charge is 2.12. The molecule has 0 spiro atoms. The monoisotopic (exact) mass is 257 g/mol. The summed E-state index contributed by atoms with van der Waals surface area (Å²) in [4.78, 5) is 0. The lowest BCUT2D eigenvalue weighted by atomic mass is 10.1. The molecular weight excluding hydrogens is 240 g/mol. The van der Waals surface area contributed by atoms with Crippen LogP contribution in [0.5, 0.6) is 5.75 Å². The number of hydrogen-bond donors (Lipinski definition) is 1. The molecule has 1 N–H and O–H groups in total. The molecule has 0 radical (unpaired) electrons. The molecule has 0 saturated carbocycles. The second-order valence-electron chi connectivity index (χ2n) is 4.29. The van der Waals surface area contributed by atoms with E-state index in [1.165, 1.54) is 0 Å². The molecule has 100 valence electrons. The highest BCUT2D eigenvalue weighted by molar-refractivity contribution is 5.27. The zero-order chi connectivity index (χ0) is 12.8. The summed E-state index contributed by atoms with van der Waals surface area (Å²) in [5.74, 6) is 0.202. The van der Waals surface area contributed by atoms with Crippen LogP contribution in [0.1, 0.15) is 12.0 Å². The van der Waals surface area contributed by atoms with Crippen molar-refractivity contribution in [2.24, 2.45) is 0 Å². The Balaban J connectivity index is 1.78. The minimum Gasteiger partial charge on any atom is -0.435 e. The van der Waals surface area contributed by atoms with Crippen LogP contribution in [-0.2, 0) is 11.2 Å². The molecule has 5 heteroatoms. The van der Waals surface area contributed by atoms with Crippen LogP contribution in [0.4, 0.5) is 8.78 Å². The molecule has 1 aromatic rings. The van der Waals surface area contributed by atoms with Gasteiger partial charge in [0.1, 0.15) is 5.75 Å². The quantitative estimate of drug-likeness (QED) is 0.877. The van der Waals surface area contributed by atoms with E-state index < -0.39 is 6.61 Å². The van der Waals surface area contributed by atoms with Gasteiger partial charge in [-0.2, -0.15) is 8.78 Å². The van der Waals surface area contributed by atoms with E-state index in [1.807, 2.05) is 12.1 Å². The second kappa shape index (κ2) is 6.66. The average molecular weight is 257 g/mol. The van der Waals surface area contributed by atoms with Gasteiger partial charge in [-0.3, -0.25) is 0 Å². The van der Waals surface area contributed by atoms with E-state index in [0.29, 0.717) is 6.04 Å². The Labute approximate surface area is 105 Å². The van der Waals surface area contributed by atoms with Crippen molar-refractivity contribution in [1.82, 2.24) is 5.32 Å². The number of benzene rings is 1. The summed E-state index contributed by atoms with van der Waals surface area (Å²) in [6.07, 6.45) is 1.88. The van der Waals surface area contributed by atoms with E-state index in [0.717, 1.165) is 38.2 Å². The molecule has 1 saturated heterocycles. The molecule has 1 aromatic carbocycles. The predicted molar refractivity (Wildman–Crippen MR) is 64.0 cm³/mol. The summed E-state index contributed by atoms with van der Waals surface area (Å²) in [7, 11) is 0. The van der Waals surface area contributed by atoms with Crippen LogP contribution in [0.3, 0.4) is 0 Å². The van der Waals surface area contributed by atoms with Gasteiger partial charge >= 0.3 is 6.61 Å². The van der Waals surface area contributed by atoms with Crippen LogP contribution >= 0.6 is 0 Å². The Morgan fingerprint density at radius 2 is 2.11 bits per heavy atom. The number of alkyl halides is 2. The first-order valence-electron chi connectivity index (χ1n) is 6.09. The predicted octanol–water partition coefficient (Wildman–Crippen LogP) is 2.21. The van der Waals surface area contributed by atoms with E-state index in [1.54, 1.807) is 12.1 Å². The Hall–Kier alpha value is -1.20. The van der Waals surface area contributed by atoms with Gasteiger partial charge in [0.05, 0.1) is 13.2 Å². The van der Waals surface area contributed by atoms with Crippen LogP contribution in [-0.4, -0.2) is 32.4 Å². The number of aryl methyl sites for hydroxylation is 1. The van der Waals surface area contributed by atoms with E-state index >= 15 is 0 Å². The molecule has 1 atom stereocenters.